The van der Waals surface area contributed by atoms with Crippen LogP contribution in [-0.2, 0) is 19.1 Å². The Morgan fingerprint density at radius 3 is 2.67 bits per heavy atom. The van der Waals surface area contributed by atoms with Gasteiger partial charge in [-0.15, -0.1) is 0 Å². The number of nitrogens with zero attached hydrogens (tertiary/aromatic N) is 2. The molecule has 1 saturated heterocycles. The molecule has 0 aliphatic carbocycles. The van der Waals surface area contributed by atoms with Gasteiger partial charge in [0.1, 0.15) is 12.0 Å². The summed E-state index contributed by atoms with van der Waals surface area (Å²) >= 11 is 0. The number of anilines is 1. The van der Waals surface area contributed by atoms with Crippen LogP contribution in [0.3, 0.4) is 0 Å². The normalized spacial score (nSPS) is 23.7. The summed E-state index contributed by atoms with van der Waals surface area (Å²) in [6.07, 6.45) is 0. The van der Waals surface area contributed by atoms with Crippen molar-refractivity contribution in [2.75, 3.05) is 11.5 Å². The minimum Gasteiger partial charge on any atom is -0.461 e. The van der Waals surface area contributed by atoms with Gasteiger partial charge in [-0.1, -0.05) is 18.2 Å². The van der Waals surface area contributed by atoms with Crippen molar-refractivity contribution in [3.63, 3.8) is 0 Å². The van der Waals surface area contributed by atoms with E-state index in [-0.39, 0.29) is 12.3 Å². The third-order valence-corrected chi connectivity index (χ3v) is 3.42. The predicted molar refractivity (Wildman–Crippen MR) is 73.4 cm³/mol. The zero-order valence-electron chi connectivity index (χ0n) is 11.3. The average Bonchev–Trinajstić information content (AvgIpc) is 3.02. The summed E-state index contributed by atoms with van der Waals surface area (Å²) in [6.45, 7) is 1.84. The third-order valence-electron chi connectivity index (χ3n) is 3.42. The van der Waals surface area contributed by atoms with Crippen molar-refractivity contribution in [2.45, 2.75) is 13.0 Å². The highest BCUT2D eigenvalue weighted by Gasteiger charge is 2.55. The Morgan fingerprint density at radius 2 is 2.00 bits per heavy atom. The molecule has 1 fully saturated rings. The van der Waals surface area contributed by atoms with Gasteiger partial charge in [0.2, 0.25) is 5.91 Å². The molecule has 1 N–H and O–H groups in total. The molecular weight excluding hydrogens is 274 g/mol. The van der Waals surface area contributed by atoms with Crippen molar-refractivity contribution in [1.29, 1.82) is 0 Å². The molecule has 2 aliphatic rings. The topological polar surface area (TPSA) is 88.1 Å². The van der Waals surface area contributed by atoms with E-state index in [1.807, 2.05) is 0 Å². The Kier molecular flexibility index (Phi) is 3.17. The number of para-hydroxylation sites is 1. The number of carbonyl (C=O) groups is 3. The number of imide groups is 1. The number of benzene rings is 1. The summed E-state index contributed by atoms with van der Waals surface area (Å²) in [4.78, 5) is 37.7. The Hall–Kier alpha value is -2.70. The highest BCUT2D eigenvalue weighted by atomic mass is 16.5. The molecule has 0 aromatic heterocycles. The Labute approximate surface area is 120 Å². The predicted octanol–water partition coefficient (Wildman–Crippen LogP) is 0.0669. The Morgan fingerprint density at radius 1 is 1.29 bits per heavy atom. The number of amides is 2. The molecule has 2 heterocycles. The van der Waals surface area contributed by atoms with Gasteiger partial charge in [0.15, 0.2) is 5.71 Å². The van der Waals surface area contributed by atoms with E-state index in [1.165, 1.54) is 0 Å². The zero-order chi connectivity index (χ0) is 15.0. The number of fused-ring (bicyclic) bond motifs is 1. The largest absolute Gasteiger partial charge is 0.461 e. The van der Waals surface area contributed by atoms with Crippen molar-refractivity contribution >= 4 is 29.2 Å². The van der Waals surface area contributed by atoms with Crippen molar-refractivity contribution in [2.24, 2.45) is 11.0 Å². The molecule has 3 rings (SSSR count). The van der Waals surface area contributed by atoms with Crippen molar-refractivity contribution in [3.05, 3.63) is 30.3 Å². The lowest BCUT2D eigenvalue weighted by molar-refractivity contribution is -0.136. The quantitative estimate of drug-likeness (QED) is 0.627. The van der Waals surface area contributed by atoms with Gasteiger partial charge < -0.3 is 4.74 Å². The monoisotopic (exact) mass is 287 g/mol. The van der Waals surface area contributed by atoms with Gasteiger partial charge in [0.05, 0.1) is 12.3 Å². The summed E-state index contributed by atoms with van der Waals surface area (Å²) < 4.78 is 4.87. The van der Waals surface area contributed by atoms with Crippen molar-refractivity contribution < 1.29 is 19.1 Å². The third kappa shape index (κ3) is 1.97. The lowest BCUT2D eigenvalue weighted by Crippen LogP contribution is -2.36. The maximum Gasteiger partial charge on any atom is 0.355 e. The number of hydrogen-bond donors (Lipinski definition) is 1. The summed E-state index contributed by atoms with van der Waals surface area (Å²) in [7, 11) is 0. The summed E-state index contributed by atoms with van der Waals surface area (Å²) in [5, 5.41) is 3.79. The van der Waals surface area contributed by atoms with Gasteiger partial charge in [-0.3, -0.25) is 15.0 Å². The van der Waals surface area contributed by atoms with E-state index in [2.05, 4.69) is 10.5 Å². The first kappa shape index (κ1) is 13.3. The molecule has 0 unspecified atom stereocenters. The van der Waals surface area contributed by atoms with E-state index in [0.29, 0.717) is 5.69 Å². The van der Waals surface area contributed by atoms with Gasteiger partial charge in [-0.25, -0.2) is 9.69 Å². The Balaban J connectivity index is 1.91. The van der Waals surface area contributed by atoms with E-state index in [9.17, 15) is 14.4 Å². The SMILES string of the molecule is CCOC(=O)C1=NN[C@H]2C(=O)N(c3ccccc3)C(=O)[C@H]12. The smallest absolute Gasteiger partial charge is 0.355 e. The van der Waals surface area contributed by atoms with Crippen molar-refractivity contribution in [1.82, 2.24) is 5.43 Å². The molecule has 0 spiro atoms. The first-order valence-corrected chi connectivity index (χ1v) is 6.58. The minimum atomic E-state index is -0.920. The molecule has 1 aromatic rings. The molecule has 7 nitrogen and oxygen atoms in total. The van der Waals surface area contributed by atoms with Crippen LogP contribution in [0.4, 0.5) is 5.69 Å². The van der Waals surface area contributed by atoms with Crippen LogP contribution in [0.5, 0.6) is 0 Å². The van der Waals surface area contributed by atoms with Crippen LogP contribution in [0.15, 0.2) is 35.4 Å². The number of nitrogens with one attached hydrogen (secondary N) is 1. The van der Waals surface area contributed by atoms with Crippen molar-refractivity contribution in [3.8, 4) is 0 Å². The second-order valence-corrected chi connectivity index (χ2v) is 4.65. The van der Waals surface area contributed by atoms with Crippen LogP contribution in [0.25, 0.3) is 0 Å². The number of rotatable bonds is 3. The van der Waals surface area contributed by atoms with E-state index in [0.717, 1.165) is 4.90 Å². The van der Waals surface area contributed by atoms with E-state index < -0.39 is 29.7 Å². The number of hydrogen-bond acceptors (Lipinski definition) is 6. The van der Waals surface area contributed by atoms with Crippen LogP contribution >= 0.6 is 0 Å². The second-order valence-electron chi connectivity index (χ2n) is 4.65. The lowest BCUT2D eigenvalue weighted by atomic mass is 9.99. The molecule has 2 aliphatic heterocycles. The Bertz CT molecular complexity index is 641. The van der Waals surface area contributed by atoms with Crippen LogP contribution in [0.1, 0.15) is 6.92 Å². The highest BCUT2D eigenvalue weighted by molar-refractivity contribution is 6.46. The average molecular weight is 287 g/mol. The first-order valence-electron chi connectivity index (χ1n) is 6.58. The number of esters is 1. The van der Waals surface area contributed by atoms with Crippen LogP contribution in [-0.4, -0.2) is 36.1 Å². The number of hydrazone groups is 1. The molecule has 0 radical (unpaired) electrons. The first-order chi connectivity index (χ1) is 10.1. The number of carbonyl (C=O) groups excluding carboxylic acids is 3. The van der Waals surface area contributed by atoms with Gasteiger partial charge in [0.25, 0.3) is 5.91 Å². The summed E-state index contributed by atoms with van der Waals surface area (Å²) in [5.41, 5.74) is 3.00. The van der Waals surface area contributed by atoms with Gasteiger partial charge in [0, 0.05) is 0 Å². The highest BCUT2D eigenvalue weighted by Crippen LogP contribution is 2.30. The van der Waals surface area contributed by atoms with E-state index in [4.69, 9.17) is 4.74 Å². The van der Waals surface area contributed by atoms with Gasteiger partial charge >= 0.3 is 5.97 Å². The molecule has 21 heavy (non-hydrogen) atoms. The van der Waals surface area contributed by atoms with E-state index in [1.54, 1.807) is 37.3 Å². The molecule has 1 aromatic carbocycles. The fourth-order valence-corrected chi connectivity index (χ4v) is 2.49. The standard InChI is InChI=1S/C14H13N3O4/c1-2-21-14(20)11-9-10(15-16-11)13(19)17(12(9)18)8-6-4-3-5-7-8/h3-7,9-10,15H,2H2,1H3/t9-,10+/m0/s1. The van der Waals surface area contributed by atoms with Gasteiger partial charge in [-0.2, -0.15) is 5.10 Å². The fraction of sp³-hybridized carbons (Fsp3) is 0.286. The number of ether oxygens (including phenoxy) is 1. The van der Waals surface area contributed by atoms with E-state index >= 15 is 0 Å². The van der Waals surface area contributed by atoms with Crippen LogP contribution in [0, 0.1) is 5.92 Å². The zero-order valence-corrected chi connectivity index (χ0v) is 11.3. The molecule has 7 heteroatoms. The molecule has 108 valence electrons. The molecule has 2 atom stereocenters. The molecule has 2 amide bonds. The maximum absolute atomic E-state index is 12.5. The van der Waals surface area contributed by atoms with Gasteiger partial charge in [-0.05, 0) is 19.1 Å². The summed E-state index contributed by atoms with van der Waals surface area (Å²) in [6, 6.07) is 7.75. The molecular formula is C14H13N3O4. The molecule has 0 bridgehead atoms. The lowest BCUT2D eigenvalue weighted by Gasteiger charge is -2.15. The second kappa shape index (κ2) is 5.01. The minimum absolute atomic E-state index is 0.0429. The maximum atomic E-state index is 12.5. The molecule has 0 saturated carbocycles. The van der Waals surface area contributed by atoms with Crippen LogP contribution in [0.2, 0.25) is 0 Å². The van der Waals surface area contributed by atoms with Crippen LogP contribution < -0.4 is 10.3 Å². The fourth-order valence-electron chi connectivity index (χ4n) is 2.49. The summed E-state index contributed by atoms with van der Waals surface area (Å²) in [5.74, 6) is -2.47.